The minimum absolute atomic E-state index is 0.153. The molecule has 2 heterocycles. The van der Waals surface area contributed by atoms with E-state index >= 15 is 0 Å². The third-order valence-electron chi connectivity index (χ3n) is 5.80. The van der Waals surface area contributed by atoms with Crippen LogP contribution in [0.2, 0.25) is 0 Å². The Labute approximate surface area is 187 Å². The van der Waals surface area contributed by atoms with E-state index in [9.17, 15) is 13.2 Å². The van der Waals surface area contributed by atoms with Crippen molar-refractivity contribution in [2.45, 2.75) is 24.3 Å². The van der Waals surface area contributed by atoms with Crippen molar-refractivity contribution in [3.63, 3.8) is 0 Å². The maximum absolute atomic E-state index is 13.1. The van der Waals surface area contributed by atoms with E-state index in [-0.39, 0.29) is 23.1 Å². The minimum atomic E-state index is -3.63. The summed E-state index contributed by atoms with van der Waals surface area (Å²) in [6.45, 7) is 2.45. The van der Waals surface area contributed by atoms with Gasteiger partial charge in [-0.2, -0.15) is 4.31 Å². The van der Waals surface area contributed by atoms with E-state index in [0.717, 1.165) is 22.6 Å². The van der Waals surface area contributed by atoms with Crippen LogP contribution in [-0.2, 0) is 17.1 Å². The average Bonchev–Trinajstić information content (AvgIpc) is 3.27. The van der Waals surface area contributed by atoms with Gasteiger partial charge in [-0.05, 0) is 54.8 Å². The zero-order valence-corrected chi connectivity index (χ0v) is 19.1. The van der Waals surface area contributed by atoms with Crippen LogP contribution in [0.4, 0.5) is 0 Å². The summed E-state index contributed by atoms with van der Waals surface area (Å²) in [5.74, 6) is 1.24. The Morgan fingerprint density at radius 3 is 2.16 bits per heavy atom. The van der Waals surface area contributed by atoms with Crippen molar-refractivity contribution in [3.8, 4) is 22.6 Å². The molecule has 1 atom stereocenters. The van der Waals surface area contributed by atoms with Gasteiger partial charge in [-0.3, -0.25) is 4.79 Å². The molecule has 0 amide bonds. The van der Waals surface area contributed by atoms with Crippen LogP contribution in [0.3, 0.4) is 0 Å². The van der Waals surface area contributed by atoms with Gasteiger partial charge in [0.05, 0.1) is 18.6 Å². The molecule has 0 saturated carbocycles. The van der Waals surface area contributed by atoms with E-state index in [0.29, 0.717) is 18.7 Å². The molecule has 1 saturated heterocycles. The Kier molecular flexibility index (Phi) is 6.08. The zero-order valence-electron chi connectivity index (χ0n) is 18.3. The first-order valence-corrected chi connectivity index (χ1v) is 11.8. The molecule has 2 aromatic carbocycles. The van der Waals surface area contributed by atoms with Gasteiger partial charge in [0, 0.05) is 25.4 Å². The van der Waals surface area contributed by atoms with Gasteiger partial charge in [0.15, 0.2) is 0 Å². The fourth-order valence-corrected chi connectivity index (χ4v) is 5.25. The van der Waals surface area contributed by atoms with E-state index in [1.54, 1.807) is 44.5 Å². The normalized spacial score (nSPS) is 16.8. The Hall–Kier alpha value is -3.10. The number of aryl methyl sites for hydroxylation is 1. The van der Waals surface area contributed by atoms with Gasteiger partial charge < -0.3 is 14.0 Å². The summed E-state index contributed by atoms with van der Waals surface area (Å²) in [7, 11) is -0.314. The van der Waals surface area contributed by atoms with Gasteiger partial charge in [0.2, 0.25) is 10.0 Å². The van der Waals surface area contributed by atoms with Gasteiger partial charge in [-0.25, -0.2) is 8.42 Å². The molecule has 1 aromatic heterocycles. The van der Waals surface area contributed by atoms with Crippen molar-refractivity contribution in [1.29, 1.82) is 0 Å². The first-order chi connectivity index (χ1) is 15.3. The van der Waals surface area contributed by atoms with Crippen molar-refractivity contribution < 1.29 is 17.9 Å². The number of rotatable bonds is 6. The van der Waals surface area contributed by atoms with Gasteiger partial charge >= 0.3 is 0 Å². The highest BCUT2D eigenvalue weighted by molar-refractivity contribution is 7.89. The number of hydrogen-bond acceptors (Lipinski definition) is 5. The smallest absolute Gasteiger partial charge is 0.254 e. The van der Waals surface area contributed by atoms with Crippen LogP contribution in [0.15, 0.2) is 70.4 Å². The molecule has 8 heteroatoms. The topological polar surface area (TPSA) is 77.8 Å². The minimum Gasteiger partial charge on any atom is -0.497 e. The second-order valence-corrected chi connectivity index (χ2v) is 9.81. The number of methoxy groups -OCH3 is 1. The first-order valence-electron chi connectivity index (χ1n) is 10.4. The molecule has 0 bridgehead atoms. The molecule has 7 nitrogen and oxygen atoms in total. The second kappa shape index (κ2) is 8.80. The standard InChI is InChI=1S/C24H26N2O5S/c1-17-14-22(15-24(27)25(17)2)31-21-12-13-26(16-21)32(28,29)23-10-6-19(7-11-23)18-4-8-20(30-3)9-5-18/h4-11,14-15,21H,12-13,16H2,1-3H3. The molecule has 0 N–H and O–H groups in total. The molecule has 0 aliphatic carbocycles. The van der Waals surface area contributed by atoms with Crippen molar-refractivity contribution in [2.75, 3.05) is 20.2 Å². The highest BCUT2D eigenvalue weighted by Gasteiger charge is 2.33. The lowest BCUT2D eigenvalue weighted by Gasteiger charge is -2.18. The zero-order chi connectivity index (χ0) is 22.9. The Morgan fingerprint density at radius 2 is 1.56 bits per heavy atom. The number of pyridine rings is 1. The van der Waals surface area contributed by atoms with Gasteiger partial charge in [-0.1, -0.05) is 24.3 Å². The number of aromatic nitrogens is 1. The Balaban J connectivity index is 1.46. The summed E-state index contributed by atoms with van der Waals surface area (Å²) in [6.07, 6.45) is 0.270. The van der Waals surface area contributed by atoms with Crippen LogP contribution in [0.5, 0.6) is 11.5 Å². The quantitative estimate of drug-likeness (QED) is 0.572. The third kappa shape index (κ3) is 4.42. The molecule has 3 aromatic rings. The molecule has 1 aliphatic heterocycles. The largest absolute Gasteiger partial charge is 0.497 e. The lowest BCUT2D eigenvalue weighted by atomic mass is 10.1. The average molecular weight is 455 g/mol. The van der Waals surface area contributed by atoms with Crippen LogP contribution < -0.4 is 15.0 Å². The maximum Gasteiger partial charge on any atom is 0.254 e. The fourth-order valence-electron chi connectivity index (χ4n) is 3.76. The first kappa shape index (κ1) is 22.1. The SMILES string of the molecule is COc1ccc(-c2ccc(S(=O)(=O)N3CCC(Oc4cc(C)n(C)c(=O)c4)C3)cc2)cc1. The maximum atomic E-state index is 13.1. The number of sulfonamides is 1. The summed E-state index contributed by atoms with van der Waals surface area (Å²) < 4.78 is 40.3. The van der Waals surface area contributed by atoms with Crippen LogP contribution in [0.1, 0.15) is 12.1 Å². The van der Waals surface area contributed by atoms with E-state index in [4.69, 9.17) is 9.47 Å². The summed E-state index contributed by atoms with van der Waals surface area (Å²) in [6, 6.07) is 17.7. The molecular formula is C24H26N2O5S. The fraction of sp³-hybridized carbons (Fsp3) is 0.292. The van der Waals surface area contributed by atoms with Crippen LogP contribution in [0.25, 0.3) is 11.1 Å². The molecule has 0 spiro atoms. The van der Waals surface area contributed by atoms with Crippen molar-refractivity contribution >= 4 is 10.0 Å². The molecule has 168 valence electrons. The van der Waals surface area contributed by atoms with Gasteiger partial charge in [0.1, 0.15) is 17.6 Å². The highest BCUT2D eigenvalue weighted by Crippen LogP contribution is 2.27. The van der Waals surface area contributed by atoms with Gasteiger partial charge in [-0.15, -0.1) is 0 Å². The summed E-state index contributed by atoms with van der Waals surface area (Å²) >= 11 is 0. The predicted octanol–water partition coefficient (Wildman–Crippen LogP) is 3.21. The van der Waals surface area contributed by atoms with Crippen LogP contribution in [0, 0.1) is 6.92 Å². The van der Waals surface area contributed by atoms with Crippen molar-refractivity contribution in [2.24, 2.45) is 7.05 Å². The molecule has 0 radical (unpaired) electrons. The van der Waals surface area contributed by atoms with E-state index in [2.05, 4.69) is 0 Å². The molecule has 4 rings (SSSR count). The molecule has 1 fully saturated rings. The number of benzene rings is 2. The summed E-state index contributed by atoms with van der Waals surface area (Å²) in [5.41, 5.74) is 2.54. The van der Waals surface area contributed by atoms with E-state index < -0.39 is 10.0 Å². The highest BCUT2D eigenvalue weighted by atomic mass is 32.2. The summed E-state index contributed by atoms with van der Waals surface area (Å²) in [5, 5.41) is 0. The molecule has 1 unspecified atom stereocenters. The number of nitrogens with zero attached hydrogens (tertiary/aromatic N) is 2. The lowest BCUT2D eigenvalue weighted by Crippen LogP contribution is -2.31. The van der Waals surface area contributed by atoms with E-state index in [1.165, 1.54) is 14.9 Å². The monoisotopic (exact) mass is 454 g/mol. The molecule has 32 heavy (non-hydrogen) atoms. The van der Waals surface area contributed by atoms with Gasteiger partial charge in [0.25, 0.3) is 5.56 Å². The predicted molar refractivity (Wildman–Crippen MR) is 123 cm³/mol. The lowest BCUT2D eigenvalue weighted by molar-refractivity contribution is 0.214. The van der Waals surface area contributed by atoms with E-state index in [1.807, 2.05) is 31.2 Å². The van der Waals surface area contributed by atoms with Crippen LogP contribution >= 0.6 is 0 Å². The Morgan fingerprint density at radius 1 is 0.938 bits per heavy atom. The van der Waals surface area contributed by atoms with Crippen molar-refractivity contribution in [1.82, 2.24) is 8.87 Å². The number of ether oxygens (including phenoxy) is 2. The number of hydrogen-bond donors (Lipinski definition) is 0. The molecular weight excluding hydrogens is 428 g/mol. The van der Waals surface area contributed by atoms with Crippen LogP contribution in [-0.4, -0.2) is 43.6 Å². The van der Waals surface area contributed by atoms with Crippen molar-refractivity contribution in [3.05, 3.63) is 76.7 Å². The molecule has 1 aliphatic rings. The Bertz CT molecular complexity index is 1270. The second-order valence-electron chi connectivity index (χ2n) is 7.87. The summed E-state index contributed by atoms with van der Waals surface area (Å²) in [4.78, 5) is 12.2. The third-order valence-corrected chi connectivity index (χ3v) is 7.68.